The standard InChI is InChI=1S/C9H13N.C2H3N/c1-2-3-4-9-5-7-10-8-6-9;1-2-3/h5-8H,2-4H2,1H3;1H3. The van der Waals surface area contributed by atoms with E-state index in [-0.39, 0.29) is 0 Å². The number of nitrogens with zero attached hydrogens (tertiary/aromatic N) is 2. The summed E-state index contributed by atoms with van der Waals surface area (Å²) >= 11 is 0. The van der Waals surface area contributed by atoms with Crippen LogP contribution in [0.15, 0.2) is 24.5 Å². The van der Waals surface area contributed by atoms with Gasteiger partial charge in [0.2, 0.25) is 0 Å². The molecule has 0 atom stereocenters. The van der Waals surface area contributed by atoms with E-state index < -0.39 is 0 Å². The zero-order valence-corrected chi connectivity index (χ0v) is 8.33. The van der Waals surface area contributed by atoms with Crippen molar-refractivity contribution >= 4 is 0 Å². The van der Waals surface area contributed by atoms with Crippen LogP contribution in [0.3, 0.4) is 0 Å². The second kappa shape index (κ2) is 8.73. The first-order chi connectivity index (χ1) is 6.35. The fraction of sp³-hybridized carbons (Fsp3) is 0.455. The maximum absolute atomic E-state index is 7.32. The van der Waals surface area contributed by atoms with Gasteiger partial charge >= 0.3 is 0 Å². The molecule has 0 saturated heterocycles. The predicted octanol–water partition coefficient (Wildman–Crippen LogP) is 2.95. The molecule has 0 N–H and O–H groups in total. The third-order valence-corrected chi connectivity index (χ3v) is 1.57. The molecule has 0 bridgehead atoms. The van der Waals surface area contributed by atoms with Crippen LogP contribution in [-0.4, -0.2) is 4.98 Å². The van der Waals surface area contributed by atoms with Crippen molar-refractivity contribution in [2.24, 2.45) is 0 Å². The normalized spacial score (nSPS) is 8.08. The van der Waals surface area contributed by atoms with Crippen molar-refractivity contribution in [3.63, 3.8) is 0 Å². The molecule has 0 aromatic carbocycles. The molecule has 1 aromatic heterocycles. The van der Waals surface area contributed by atoms with E-state index >= 15 is 0 Å². The van der Waals surface area contributed by atoms with Crippen LogP contribution in [0.2, 0.25) is 0 Å². The van der Waals surface area contributed by atoms with E-state index in [0.717, 1.165) is 0 Å². The summed E-state index contributed by atoms with van der Waals surface area (Å²) in [5.41, 5.74) is 1.40. The number of aryl methyl sites for hydroxylation is 1. The Balaban J connectivity index is 0.000000424. The van der Waals surface area contributed by atoms with E-state index in [9.17, 15) is 0 Å². The molecule has 2 heteroatoms. The van der Waals surface area contributed by atoms with Gasteiger partial charge in [0.25, 0.3) is 0 Å². The van der Waals surface area contributed by atoms with Crippen molar-refractivity contribution in [3.05, 3.63) is 30.1 Å². The van der Waals surface area contributed by atoms with Gasteiger partial charge in [-0.05, 0) is 30.5 Å². The molecule has 0 unspecified atom stereocenters. The molecule has 70 valence electrons. The number of aromatic nitrogens is 1. The molecule has 0 aliphatic carbocycles. The highest BCUT2D eigenvalue weighted by Gasteiger charge is 1.87. The highest BCUT2D eigenvalue weighted by atomic mass is 14.6. The lowest BCUT2D eigenvalue weighted by atomic mass is 10.1. The van der Waals surface area contributed by atoms with Crippen molar-refractivity contribution in [1.29, 1.82) is 5.26 Å². The second-order valence-corrected chi connectivity index (χ2v) is 2.68. The predicted molar refractivity (Wildman–Crippen MR) is 54.1 cm³/mol. The Morgan fingerprint density at radius 2 is 1.92 bits per heavy atom. The molecule has 0 radical (unpaired) electrons. The van der Waals surface area contributed by atoms with Crippen LogP contribution in [0.4, 0.5) is 0 Å². The van der Waals surface area contributed by atoms with Crippen LogP contribution in [0.5, 0.6) is 0 Å². The van der Waals surface area contributed by atoms with Gasteiger partial charge in [0.15, 0.2) is 0 Å². The Morgan fingerprint density at radius 3 is 2.38 bits per heavy atom. The summed E-state index contributed by atoms with van der Waals surface area (Å²) in [7, 11) is 0. The number of pyridine rings is 1. The van der Waals surface area contributed by atoms with Crippen LogP contribution in [0.1, 0.15) is 32.3 Å². The van der Waals surface area contributed by atoms with E-state index in [2.05, 4.69) is 24.0 Å². The van der Waals surface area contributed by atoms with Gasteiger partial charge in [-0.25, -0.2) is 0 Å². The van der Waals surface area contributed by atoms with E-state index in [1.807, 2.05) is 12.4 Å². The minimum atomic E-state index is 1.19. The van der Waals surface area contributed by atoms with Crippen LogP contribution in [0, 0.1) is 11.3 Å². The number of hydrogen-bond acceptors (Lipinski definition) is 2. The molecule has 0 saturated carbocycles. The molecule has 0 aliphatic rings. The Kier molecular flexibility index (Phi) is 7.82. The van der Waals surface area contributed by atoms with Gasteiger partial charge in [0.05, 0.1) is 6.07 Å². The Hall–Kier alpha value is -1.36. The maximum Gasteiger partial charge on any atom is 0.0587 e. The Labute approximate surface area is 80.2 Å². The molecule has 0 aliphatic heterocycles. The van der Waals surface area contributed by atoms with Gasteiger partial charge in [-0.1, -0.05) is 13.3 Å². The number of rotatable bonds is 3. The van der Waals surface area contributed by atoms with Gasteiger partial charge < -0.3 is 0 Å². The minimum absolute atomic E-state index is 1.19. The quantitative estimate of drug-likeness (QED) is 0.710. The Bertz CT molecular complexity index is 236. The zero-order chi connectivity index (χ0) is 9.94. The van der Waals surface area contributed by atoms with Crippen LogP contribution < -0.4 is 0 Å². The summed E-state index contributed by atoms with van der Waals surface area (Å²) in [5, 5.41) is 7.32. The lowest BCUT2D eigenvalue weighted by molar-refractivity contribution is 0.794. The van der Waals surface area contributed by atoms with E-state index in [0.29, 0.717) is 0 Å². The maximum atomic E-state index is 7.32. The van der Waals surface area contributed by atoms with Crippen LogP contribution >= 0.6 is 0 Å². The highest BCUT2D eigenvalue weighted by Crippen LogP contribution is 2.01. The molecule has 1 heterocycles. The van der Waals surface area contributed by atoms with Crippen molar-refractivity contribution < 1.29 is 0 Å². The van der Waals surface area contributed by atoms with Gasteiger partial charge in [-0.15, -0.1) is 0 Å². The summed E-state index contributed by atoms with van der Waals surface area (Å²) < 4.78 is 0. The van der Waals surface area contributed by atoms with Gasteiger partial charge in [0.1, 0.15) is 0 Å². The lowest BCUT2D eigenvalue weighted by Gasteiger charge is -1.95. The molecular formula is C11H16N2. The van der Waals surface area contributed by atoms with E-state index in [4.69, 9.17) is 5.26 Å². The molecule has 13 heavy (non-hydrogen) atoms. The minimum Gasteiger partial charge on any atom is -0.265 e. The third-order valence-electron chi connectivity index (χ3n) is 1.57. The summed E-state index contributed by atoms with van der Waals surface area (Å²) in [6, 6.07) is 5.91. The summed E-state index contributed by atoms with van der Waals surface area (Å²) in [5.74, 6) is 0. The van der Waals surface area contributed by atoms with Gasteiger partial charge in [0, 0.05) is 19.3 Å². The average Bonchev–Trinajstić information content (AvgIpc) is 2.18. The van der Waals surface area contributed by atoms with Crippen molar-refractivity contribution in [3.8, 4) is 6.07 Å². The number of hydrogen-bond donors (Lipinski definition) is 0. The second-order valence-electron chi connectivity index (χ2n) is 2.68. The lowest BCUT2D eigenvalue weighted by Crippen LogP contribution is -1.83. The zero-order valence-electron chi connectivity index (χ0n) is 8.33. The topological polar surface area (TPSA) is 36.7 Å². The van der Waals surface area contributed by atoms with Crippen molar-refractivity contribution in [1.82, 2.24) is 4.98 Å². The monoisotopic (exact) mass is 176 g/mol. The fourth-order valence-corrected chi connectivity index (χ4v) is 0.930. The van der Waals surface area contributed by atoms with E-state index in [1.165, 1.54) is 31.7 Å². The molecule has 1 rings (SSSR count). The molecule has 1 aromatic rings. The first kappa shape index (κ1) is 11.6. The van der Waals surface area contributed by atoms with Crippen LogP contribution in [0.25, 0.3) is 0 Å². The average molecular weight is 176 g/mol. The van der Waals surface area contributed by atoms with Gasteiger partial charge in [-0.2, -0.15) is 5.26 Å². The third kappa shape index (κ3) is 7.02. The smallest absolute Gasteiger partial charge is 0.0587 e. The molecule has 0 fully saturated rings. The van der Waals surface area contributed by atoms with Gasteiger partial charge in [-0.3, -0.25) is 4.98 Å². The SMILES string of the molecule is CC#N.CCCCc1ccncc1. The first-order valence-electron chi connectivity index (χ1n) is 4.54. The summed E-state index contributed by atoms with van der Waals surface area (Å²) in [6.07, 6.45) is 7.45. The fourth-order valence-electron chi connectivity index (χ4n) is 0.930. The molecule has 0 spiro atoms. The largest absolute Gasteiger partial charge is 0.265 e. The molecule has 0 amide bonds. The summed E-state index contributed by atoms with van der Waals surface area (Å²) in [4.78, 5) is 3.95. The molecule has 2 nitrogen and oxygen atoms in total. The first-order valence-corrected chi connectivity index (χ1v) is 4.54. The molecular weight excluding hydrogens is 160 g/mol. The number of nitriles is 1. The Morgan fingerprint density at radius 1 is 1.38 bits per heavy atom. The van der Waals surface area contributed by atoms with Crippen molar-refractivity contribution in [2.45, 2.75) is 33.1 Å². The summed E-state index contributed by atoms with van der Waals surface area (Å²) in [6.45, 7) is 3.64. The van der Waals surface area contributed by atoms with Crippen LogP contribution in [-0.2, 0) is 6.42 Å². The van der Waals surface area contributed by atoms with Crippen molar-refractivity contribution in [2.75, 3.05) is 0 Å². The number of unbranched alkanes of at least 4 members (excludes halogenated alkanes) is 1. The highest BCUT2D eigenvalue weighted by molar-refractivity contribution is 5.09. The van der Waals surface area contributed by atoms with E-state index in [1.54, 1.807) is 6.07 Å².